The van der Waals surface area contributed by atoms with Crippen molar-refractivity contribution in [1.82, 2.24) is 0 Å². The van der Waals surface area contributed by atoms with Crippen LogP contribution >= 0.6 is 0 Å². The van der Waals surface area contributed by atoms with Gasteiger partial charge in [-0.1, -0.05) is 116 Å². The monoisotopic (exact) mass is 512 g/mol. The summed E-state index contributed by atoms with van der Waals surface area (Å²) in [5.74, 6) is -0.339. The Morgan fingerprint density at radius 2 is 1.03 bits per heavy atom. The largest absolute Gasteiger partial charge is 0.466 e. The molecule has 6 nitrogen and oxygen atoms in total. The van der Waals surface area contributed by atoms with Crippen LogP contribution in [0.5, 0.6) is 0 Å². The molecule has 0 amide bonds. The quantitative estimate of drug-likeness (QED) is 0.0838. The van der Waals surface area contributed by atoms with E-state index in [9.17, 15) is 9.59 Å². The summed E-state index contributed by atoms with van der Waals surface area (Å²) >= 11 is 0. The van der Waals surface area contributed by atoms with E-state index in [1.807, 2.05) is 0 Å². The molecule has 0 rings (SSSR count). The van der Waals surface area contributed by atoms with Gasteiger partial charge in [-0.3, -0.25) is 9.59 Å². The van der Waals surface area contributed by atoms with E-state index in [0.717, 1.165) is 64.2 Å². The van der Waals surface area contributed by atoms with E-state index in [4.69, 9.17) is 20.9 Å². The van der Waals surface area contributed by atoms with Gasteiger partial charge in [-0.2, -0.15) is 0 Å². The lowest BCUT2D eigenvalue weighted by Gasteiger charge is -2.11. The van der Waals surface area contributed by atoms with Gasteiger partial charge in [0.2, 0.25) is 0 Å². The molecule has 0 aliphatic rings. The molecule has 0 heterocycles. The Morgan fingerprint density at radius 1 is 0.583 bits per heavy atom. The number of ether oxygens (including phenoxy) is 2. The second-order valence-electron chi connectivity index (χ2n) is 10.4. The maximum absolute atomic E-state index is 11.8. The molecule has 1 unspecified atom stereocenters. The van der Waals surface area contributed by atoms with Crippen LogP contribution in [0.4, 0.5) is 0 Å². The summed E-state index contributed by atoms with van der Waals surface area (Å²) in [5, 5.41) is 0. The predicted molar refractivity (Wildman–Crippen MR) is 151 cm³/mol. The maximum Gasteiger partial charge on any atom is 0.322 e. The molecule has 0 aliphatic carbocycles. The molecular formula is C30H60N2O4. The standard InChI is InChI=1S/C30H60N2O4/c1-2-3-4-5-6-7-8-9-10-11-12-15-18-24-29(33)35-26-21-16-13-14-17-22-27-36-30(34)28(32)23-19-20-25-31/h28H,2-27,31-32H2,1H3. The summed E-state index contributed by atoms with van der Waals surface area (Å²) in [6, 6.07) is -0.524. The van der Waals surface area contributed by atoms with Crippen LogP contribution in [-0.2, 0) is 19.1 Å². The molecule has 0 saturated heterocycles. The minimum Gasteiger partial charge on any atom is -0.466 e. The summed E-state index contributed by atoms with van der Waals surface area (Å²) in [6.07, 6.45) is 26.2. The fraction of sp³-hybridized carbons (Fsp3) is 0.933. The number of esters is 2. The van der Waals surface area contributed by atoms with Gasteiger partial charge in [-0.05, 0) is 38.6 Å². The zero-order chi connectivity index (χ0) is 26.5. The second-order valence-corrected chi connectivity index (χ2v) is 10.4. The Morgan fingerprint density at radius 3 is 1.53 bits per heavy atom. The average molecular weight is 513 g/mol. The van der Waals surface area contributed by atoms with E-state index in [1.165, 1.54) is 70.6 Å². The minimum atomic E-state index is -0.524. The SMILES string of the molecule is CCCCCCCCCCCCCCCC(=O)OCCCCCCCCOC(=O)C(N)CCCCN. The van der Waals surface area contributed by atoms with Gasteiger partial charge in [0.25, 0.3) is 0 Å². The van der Waals surface area contributed by atoms with Crippen LogP contribution in [0.3, 0.4) is 0 Å². The highest BCUT2D eigenvalue weighted by atomic mass is 16.5. The molecule has 1 atom stereocenters. The highest BCUT2D eigenvalue weighted by molar-refractivity contribution is 5.75. The van der Waals surface area contributed by atoms with Gasteiger partial charge >= 0.3 is 11.9 Å². The number of nitrogens with two attached hydrogens (primary N) is 2. The van der Waals surface area contributed by atoms with Gasteiger partial charge in [-0.25, -0.2) is 0 Å². The van der Waals surface area contributed by atoms with Crippen molar-refractivity contribution in [1.29, 1.82) is 0 Å². The van der Waals surface area contributed by atoms with Crippen LogP contribution in [-0.4, -0.2) is 37.7 Å². The van der Waals surface area contributed by atoms with Crippen molar-refractivity contribution in [2.24, 2.45) is 11.5 Å². The van der Waals surface area contributed by atoms with Crippen molar-refractivity contribution in [3.05, 3.63) is 0 Å². The lowest BCUT2D eigenvalue weighted by Crippen LogP contribution is -2.32. The van der Waals surface area contributed by atoms with E-state index in [0.29, 0.717) is 32.6 Å². The molecule has 0 bridgehead atoms. The first-order chi connectivity index (χ1) is 17.6. The van der Waals surface area contributed by atoms with Crippen molar-refractivity contribution in [3.8, 4) is 0 Å². The third-order valence-electron chi connectivity index (χ3n) is 6.80. The van der Waals surface area contributed by atoms with Crippen LogP contribution in [0.15, 0.2) is 0 Å². The van der Waals surface area contributed by atoms with E-state index < -0.39 is 6.04 Å². The average Bonchev–Trinajstić information content (AvgIpc) is 2.87. The number of hydrogen-bond acceptors (Lipinski definition) is 6. The van der Waals surface area contributed by atoms with Gasteiger partial charge in [0.15, 0.2) is 0 Å². The zero-order valence-electron chi connectivity index (χ0n) is 23.7. The topological polar surface area (TPSA) is 105 Å². The molecule has 0 spiro atoms. The van der Waals surface area contributed by atoms with Crippen molar-refractivity contribution in [2.45, 2.75) is 161 Å². The molecule has 36 heavy (non-hydrogen) atoms. The molecule has 4 N–H and O–H groups in total. The van der Waals surface area contributed by atoms with Crippen LogP contribution in [0.2, 0.25) is 0 Å². The number of carbonyl (C=O) groups excluding carboxylic acids is 2. The lowest BCUT2D eigenvalue weighted by molar-refractivity contribution is -0.146. The Balaban J connectivity index is 3.28. The van der Waals surface area contributed by atoms with E-state index in [-0.39, 0.29) is 11.9 Å². The fourth-order valence-electron chi connectivity index (χ4n) is 4.36. The molecular weight excluding hydrogens is 452 g/mol. The number of hydrogen-bond donors (Lipinski definition) is 2. The number of unbranched alkanes of at least 4 members (excludes halogenated alkanes) is 18. The Kier molecular flexibility index (Phi) is 27.5. The molecule has 0 aliphatic heterocycles. The van der Waals surface area contributed by atoms with Crippen LogP contribution < -0.4 is 11.5 Å². The summed E-state index contributed by atoms with van der Waals surface area (Å²) in [4.78, 5) is 23.6. The van der Waals surface area contributed by atoms with Gasteiger partial charge in [0.05, 0.1) is 13.2 Å². The van der Waals surface area contributed by atoms with Gasteiger partial charge in [0.1, 0.15) is 6.04 Å². The summed E-state index contributed by atoms with van der Waals surface area (Å²) < 4.78 is 10.6. The first kappa shape index (κ1) is 34.9. The maximum atomic E-state index is 11.8. The smallest absolute Gasteiger partial charge is 0.322 e. The second kappa shape index (κ2) is 28.4. The Hall–Kier alpha value is -1.14. The molecule has 0 aromatic rings. The van der Waals surface area contributed by atoms with E-state index in [1.54, 1.807) is 0 Å². The normalized spacial score (nSPS) is 12.0. The molecule has 0 saturated carbocycles. The van der Waals surface area contributed by atoms with Crippen LogP contribution in [0, 0.1) is 0 Å². The Bertz CT molecular complexity index is 488. The molecule has 6 heteroatoms. The van der Waals surface area contributed by atoms with E-state index >= 15 is 0 Å². The third kappa shape index (κ3) is 25.9. The van der Waals surface area contributed by atoms with Crippen LogP contribution in [0.1, 0.15) is 155 Å². The third-order valence-corrected chi connectivity index (χ3v) is 6.80. The summed E-state index contributed by atoms with van der Waals surface area (Å²) in [6.45, 7) is 3.88. The number of carbonyl (C=O) groups is 2. The van der Waals surface area contributed by atoms with Crippen molar-refractivity contribution in [2.75, 3.05) is 19.8 Å². The highest BCUT2D eigenvalue weighted by Crippen LogP contribution is 2.13. The van der Waals surface area contributed by atoms with Gasteiger partial charge in [0, 0.05) is 6.42 Å². The van der Waals surface area contributed by atoms with Crippen molar-refractivity contribution >= 4 is 11.9 Å². The molecule has 214 valence electrons. The zero-order valence-corrected chi connectivity index (χ0v) is 23.7. The first-order valence-electron chi connectivity index (χ1n) is 15.4. The summed E-state index contributed by atoms with van der Waals surface area (Å²) in [7, 11) is 0. The van der Waals surface area contributed by atoms with Crippen molar-refractivity contribution in [3.63, 3.8) is 0 Å². The Labute approximate surface area is 223 Å². The predicted octanol–water partition coefficient (Wildman–Crippen LogP) is 7.35. The van der Waals surface area contributed by atoms with Crippen LogP contribution in [0.25, 0.3) is 0 Å². The fourth-order valence-corrected chi connectivity index (χ4v) is 4.36. The van der Waals surface area contributed by atoms with Gasteiger partial charge < -0.3 is 20.9 Å². The molecule has 0 radical (unpaired) electrons. The number of rotatable bonds is 28. The lowest BCUT2D eigenvalue weighted by atomic mass is 10.0. The molecule has 0 aromatic heterocycles. The van der Waals surface area contributed by atoms with E-state index in [2.05, 4.69) is 6.92 Å². The first-order valence-corrected chi connectivity index (χ1v) is 15.4. The van der Waals surface area contributed by atoms with Crippen molar-refractivity contribution < 1.29 is 19.1 Å². The molecule has 0 fully saturated rings. The molecule has 0 aromatic carbocycles. The minimum absolute atomic E-state index is 0.0406. The summed E-state index contributed by atoms with van der Waals surface area (Å²) in [5.41, 5.74) is 11.3. The highest BCUT2D eigenvalue weighted by Gasteiger charge is 2.13. The van der Waals surface area contributed by atoms with Gasteiger partial charge in [-0.15, -0.1) is 0 Å².